The van der Waals surface area contributed by atoms with E-state index in [2.05, 4.69) is 26.2 Å². The van der Waals surface area contributed by atoms with E-state index in [1.807, 2.05) is 19.1 Å². The number of nitrogens with one attached hydrogen (secondary N) is 1. The lowest BCUT2D eigenvalue weighted by Gasteiger charge is -2.09. The van der Waals surface area contributed by atoms with Gasteiger partial charge in [0.1, 0.15) is 0 Å². The minimum Gasteiger partial charge on any atom is -0.325 e. The van der Waals surface area contributed by atoms with E-state index in [0.717, 1.165) is 15.6 Å². The van der Waals surface area contributed by atoms with Gasteiger partial charge in [0.2, 0.25) is 5.91 Å². The van der Waals surface area contributed by atoms with Crippen molar-refractivity contribution in [2.75, 3.05) is 5.32 Å². The highest BCUT2D eigenvalue weighted by Crippen LogP contribution is 2.29. The Bertz CT molecular complexity index is 602. The van der Waals surface area contributed by atoms with Crippen molar-refractivity contribution >= 4 is 39.1 Å². The van der Waals surface area contributed by atoms with Crippen LogP contribution in [0.4, 0.5) is 5.69 Å². The lowest BCUT2D eigenvalue weighted by Crippen LogP contribution is -2.14. The molecule has 19 heavy (non-hydrogen) atoms. The molecule has 1 amide bonds. The molecule has 0 atom stereocenters. The second kappa shape index (κ2) is 6.17. The van der Waals surface area contributed by atoms with Crippen molar-refractivity contribution in [1.29, 1.82) is 0 Å². The summed E-state index contributed by atoms with van der Waals surface area (Å²) >= 11 is 9.46. The van der Waals surface area contributed by atoms with E-state index in [1.165, 1.54) is 0 Å². The van der Waals surface area contributed by atoms with Crippen LogP contribution in [-0.2, 0) is 11.2 Å². The molecule has 0 fully saturated rings. The van der Waals surface area contributed by atoms with Crippen LogP contribution < -0.4 is 5.32 Å². The summed E-state index contributed by atoms with van der Waals surface area (Å²) < 4.78 is 0.814. The molecule has 0 unspecified atom stereocenters. The average molecular weight is 340 g/mol. The number of pyridine rings is 1. The number of carbonyl (C=O) groups is 1. The molecule has 0 aliphatic carbocycles. The predicted molar refractivity (Wildman–Crippen MR) is 80.5 cm³/mol. The van der Waals surface area contributed by atoms with Gasteiger partial charge in [-0.3, -0.25) is 9.78 Å². The fourth-order valence-electron chi connectivity index (χ4n) is 1.62. The van der Waals surface area contributed by atoms with Gasteiger partial charge in [0.15, 0.2) is 0 Å². The van der Waals surface area contributed by atoms with Crippen LogP contribution in [0.2, 0.25) is 5.02 Å². The zero-order chi connectivity index (χ0) is 13.8. The number of benzene rings is 1. The SMILES string of the molecule is Cc1cc(Br)c(NC(=O)Cc2cccnc2)cc1Cl. The van der Waals surface area contributed by atoms with Gasteiger partial charge >= 0.3 is 0 Å². The number of anilines is 1. The van der Waals surface area contributed by atoms with Gasteiger partial charge in [0.25, 0.3) is 0 Å². The molecule has 1 aromatic carbocycles. The largest absolute Gasteiger partial charge is 0.325 e. The molecule has 1 heterocycles. The summed E-state index contributed by atoms with van der Waals surface area (Å²) in [6, 6.07) is 7.29. The van der Waals surface area contributed by atoms with E-state index in [4.69, 9.17) is 11.6 Å². The van der Waals surface area contributed by atoms with Crippen LogP contribution in [0, 0.1) is 6.92 Å². The number of aryl methyl sites for hydroxylation is 1. The summed E-state index contributed by atoms with van der Waals surface area (Å²) in [6.07, 6.45) is 3.64. The number of rotatable bonds is 3. The molecule has 0 radical (unpaired) electrons. The number of nitrogens with zero attached hydrogens (tertiary/aromatic N) is 1. The standard InChI is InChI=1S/C14H12BrClN2O/c1-9-5-11(15)13(7-12(9)16)18-14(19)6-10-3-2-4-17-8-10/h2-5,7-8H,6H2,1H3,(H,18,19). The minimum atomic E-state index is -0.103. The maximum absolute atomic E-state index is 11.9. The van der Waals surface area contributed by atoms with E-state index < -0.39 is 0 Å². The molecular weight excluding hydrogens is 328 g/mol. The average Bonchev–Trinajstić information content (AvgIpc) is 2.37. The first kappa shape index (κ1) is 14.0. The second-order valence-electron chi connectivity index (χ2n) is 4.17. The highest BCUT2D eigenvalue weighted by atomic mass is 79.9. The van der Waals surface area contributed by atoms with Crippen LogP contribution in [0.1, 0.15) is 11.1 Å². The third-order valence-corrected chi connectivity index (χ3v) is 3.67. The molecule has 0 aliphatic heterocycles. The Morgan fingerprint density at radius 3 is 2.95 bits per heavy atom. The Morgan fingerprint density at radius 2 is 2.26 bits per heavy atom. The molecule has 5 heteroatoms. The summed E-state index contributed by atoms with van der Waals surface area (Å²) in [5.74, 6) is -0.103. The molecule has 1 N–H and O–H groups in total. The number of carbonyl (C=O) groups excluding carboxylic acids is 1. The number of halogens is 2. The van der Waals surface area contributed by atoms with Crippen LogP contribution in [0.5, 0.6) is 0 Å². The Hall–Kier alpha value is -1.39. The van der Waals surface area contributed by atoms with E-state index >= 15 is 0 Å². The Kier molecular flexibility index (Phi) is 4.56. The molecule has 0 spiro atoms. The molecule has 98 valence electrons. The van der Waals surface area contributed by atoms with Gasteiger partial charge < -0.3 is 5.32 Å². The maximum atomic E-state index is 11.9. The lowest BCUT2D eigenvalue weighted by molar-refractivity contribution is -0.115. The lowest BCUT2D eigenvalue weighted by atomic mass is 10.2. The van der Waals surface area contributed by atoms with Crippen molar-refractivity contribution in [3.8, 4) is 0 Å². The smallest absolute Gasteiger partial charge is 0.228 e. The van der Waals surface area contributed by atoms with E-state index in [1.54, 1.807) is 24.5 Å². The van der Waals surface area contributed by atoms with Gasteiger partial charge in [-0.2, -0.15) is 0 Å². The summed E-state index contributed by atoms with van der Waals surface area (Å²) in [4.78, 5) is 15.9. The summed E-state index contributed by atoms with van der Waals surface area (Å²) in [5, 5.41) is 3.45. The monoisotopic (exact) mass is 338 g/mol. The van der Waals surface area contributed by atoms with Crippen LogP contribution in [0.15, 0.2) is 41.1 Å². The normalized spacial score (nSPS) is 10.3. The Labute approximate surface area is 125 Å². The molecule has 0 saturated carbocycles. The zero-order valence-electron chi connectivity index (χ0n) is 10.3. The van der Waals surface area contributed by atoms with Gasteiger partial charge in [-0.25, -0.2) is 0 Å². The molecule has 1 aromatic heterocycles. The van der Waals surface area contributed by atoms with Crippen LogP contribution in [0.3, 0.4) is 0 Å². The van der Waals surface area contributed by atoms with E-state index in [0.29, 0.717) is 10.7 Å². The molecule has 2 aromatic rings. The van der Waals surface area contributed by atoms with Crippen molar-refractivity contribution in [2.24, 2.45) is 0 Å². The second-order valence-corrected chi connectivity index (χ2v) is 5.43. The molecular formula is C14H12BrClN2O. The van der Waals surface area contributed by atoms with Gasteiger partial charge in [0, 0.05) is 21.9 Å². The zero-order valence-corrected chi connectivity index (χ0v) is 12.6. The van der Waals surface area contributed by atoms with Gasteiger partial charge in [-0.15, -0.1) is 0 Å². The van der Waals surface area contributed by atoms with Gasteiger partial charge in [-0.1, -0.05) is 17.7 Å². The first-order chi connectivity index (χ1) is 9.06. The summed E-state index contributed by atoms with van der Waals surface area (Å²) in [7, 11) is 0. The molecule has 0 aliphatic rings. The number of hydrogen-bond donors (Lipinski definition) is 1. The van der Waals surface area contributed by atoms with Crippen LogP contribution in [0.25, 0.3) is 0 Å². The summed E-state index contributed by atoms with van der Waals surface area (Å²) in [5.41, 5.74) is 2.50. The molecule has 0 saturated heterocycles. The van der Waals surface area contributed by atoms with E-state index in [9.17, 15) is 4.79 Å². The van der Waals surface area contributed by atoms with Crippen LogP contribution in [-0.4, -0.2) is 10.9 Å². The Balaban J connectivity index is 2.09. The van der Waals surface area contributed by atoms with Gasteiger partial charge in [0.05, 0.1) is 12.1 Å². The first-order valence-electron chi connectivity index (χ1n) is 5.70. The van der Waals surface area contributed by atoms with Crippen molar-refractivity contribution < 1.29 is 4.79 Å². The highest BCUT2D eigenvalue weighted by Gasteiger charge is 2.09. The Morgan fingerprint density at radius 1 is 1.47 bits per heavy atom. The number of amides is 1. The van der Waals surface area contributed by atoms with Crippen molar-refractivity contribution in [3.63, 3.8) is 0 Å². The highest BCUT2D eigenvalue weighted by molar-refractivity contribution is 9.10. The number of hydrogen-bond acceptors (Lipinski definition) is 2. The van der Waals surface area contributed by atoms with Crippen LogP contribution >= 0.6 is 27.5 Å². The van der Waals surface area contributed by atoms with Gasteiger partial charge in [-0.05, 0) is 52.2 Å². The fourth-order valence-corrected chi connectivity index (χ4v) is 2.35. The predicted octanol–water partition coefficient (Wildman–Crippen LogP) is 3.99. The van der Waals surface area contributed by atoms with E-state index in [-0.39, 0.29) is 12.3 Å². The fraction of sp³-hybridized carbons (Fsp3) is 0.143. The third kappa shape index (κ3) is 3.78. The van der Waals surface area contributed by atoms with Crippen molar-refractivity contribution in [1.82, 2.24) is 4.98 Å². The minimum absolute atomic E-state index is 0.103. The maximum Gasteiger partial charge on any atom is 0.228 e. The van der Waals surface area contributed by atoms with Crippen molar-refractivity contribution in [2.45, 2.75) is 13.3 Å². The topological polar surface area (TPSA) is 42.0 Å². The third-order valence-electron chi connectivity index (χ3n) is 2.61. The summed E-state index contributed by atoms with van der Waals surface area (Å²) in [6.45, 7) is 1.91. The first-order valence-corrected chi connectivity index (χ1v) is 6.88. The quantitative estimate of drug-likeness (QED) is 0.919. The van der Waals surface area contributed by atoms with Crippen molar-refractivity contribution in [3.05, 3.63) is 57.3 Å². The number of aromatic nitrogens is 1. The molecule has 3 nitrogen and oxygen atoms in total. The molecule has 2 rings (SSSR count). The molecule has 0 bridgehead atoms.